The van der Waals surface area contributed by atoms with Gasteiger partial charge in [-0.15, -0.1) is 0 Å². The molecular formula is C14H21NO. The Balaban J connectivity index is 1.64. The van der Waals surface area contributed by atoms with Crippen molar-refractivity contribution in [1.82, 2.24) is 5.32 Å². The highest BCUT2D eigenvalue weighted by Gasteiger charge is 2.55. The fourth-order valence-corrected chi connectivity index (χ4v) is 5.68. The van der Waals surface area contributed by atoms with Gasteiger partial charge in [-0.3, -0.25) is 4.79 Å². The predicted octanol–water partition coefficient (Wildman–Crippen LogP) is 2.48. The lowest BCUT2D eigenvalue weighted by atomic mass is 9.47. The fourth-order valence-electron chi connectivity index (χ4n) is 5.68. The molecule has 1 aliphatic heterocycles. The van der Waals surface area contributed by atoms with Gasteiger partial charge in [0.15, 0.2) is 0 Å². The highest BCUT2D eigenvalue weighted by atomic mass is 16.1. The summed E-state index contributed by atoms with van der Waals surface area (Å²) in [7, 11) is 0. The van der Waals surface area contributed by atoms with Gasteiger partial charge in [-0.05, 0) is 68.1 Å². The van der Waals surface area contributed by atoms with Crippen LogP contribution in [0.3, 0.4) is 0 Å². The first kappa shape index (κ1) is 9.49. The van der Waals surface area contributed by atoms with Crippen molar-refractivity contribution in [3.8, 4) is 0 Å². The van der Waals surface area contributed by atoms with Gasteiger partial charge in [-0.2, -0.15) is 0 Å². The van der Waals surface area contributed by atoms with E-state index in [1.54, 1.807) is 0 Å². The van der Waals surface area contributed by atoms with E-state index in [9.17, 15) is 4.79 Å². The number of amides is 1. The Labute approximate surface area is 97.2 Å². The summed E-state index contributed by atoms with van der Waals surface area (Å²) in [5.41, 5.74) is 0.529. The summed E-state index contributed by atoms with van der Waals surface area (Å²) < 4.78 is 0. The monoisotopic (exact) mass is 219 g/mol. The lowest BCUT2D eigenvalue weighted by Crippen LogP contribution is -2.54. The van der Waals surface area contributed by atoms with Crippen LogP contribution < -0.4 is 5.32 Å². The number of carbonyl (C=O) groups excluding carboxylic acids is 1. The van der Waals surface area contributed by atoms with Gasteiger partial charge in [-0.1, -0.05) is 0 Å². The molecule has 0 aromatic carbocycles. The Morgan fingerprint density at radius 2 is 1.56 bits per heavy atom. The van der Waals surface area contributed by atoms with E-state index in [4.69, 9.17) is 0 Å². The molecule has 0 aromatic heterocycles. The zero-order chi connectivity index (χ0) is 10.8. The predicted molar refractivity (Wildman–Crippen MR) is 61.8 cm³/mol. The summed E-state index contributed by atoms with van der Waals surface area (Å²) >= 11 is 0. The van der Waals surface area contributed by atoms with Crippen LogP contribution in [0.25, 0.3) is 0 Å². The molecule has 0 aromatic rings. The van der Waals surface area contributed by atoms with Gasteiger partial charge in [0, 0.05) is 12.5 Å². The lowest BCUT2D eigenvalue weighted by molar-refractivity contribution is -0.121. The molecule has 1 atom stereocenters. The Morgan fingerprint density at radius 1 is 1.00 bits per heavy atom. The van der Waals surface area contributed by atoms with Crippen molar-refractivity contribution in [2.45, 2.75) is 57.4 Å². The van der Waals surface area contributed by atoms with Gasteiger partial charge in [0.1, 0.15) is 0 Å². The molecule has 1 saturated heterocycles. The number of carbonyl (C=O) groups is 1. The third-order valence-electron chi connectivity index (χ3n) is 5.82. The third-order valence-corrected chi connectivity index (χ3v) is 5.82. The molecule has 4 bridgehead atoms. The summed E-state index contributed by atoms with van der Waals surface area (Å²) in [5, 5.41) is 3.27. The molecule has 1 heterocycles. The maximum Gasteiger partial charge on any atom is 0.220 e. The zero-order valence-electron chi connectivity index (χ0n) is 9.87. The molecule has 1 amide bonds. The quantitative estimate of drug-likeness (QED) is 0.721. The number of hydrogen-bond acceptors (Lipinski definition) is 1. The van der Waals surface area contributed by atoms with E-state index in [-0.39, 0.29) is 0 Å². The average Bonchev–Trinajstić information content (AvgIpc) is 2.63. The summed E-state index contributed by atoms with van der Waals surface area (Å²) in [5.74, 6) is 3.32. The zero-order valence-corrected chi connectivity index (χ0v) is 9.87. The van der Waals surface area contributed by atoms with Crippen LogP contribution in [-0.2, 0) is 4.79 Å². The standard InChI is InChI=1S/C14H21NO/c16-13-2-1-12(15-13)14-6-9-3-10(7-14)5-11(4-9)8-14/h9-12H,1-8H2,(H,15,16)/t9?,10?,11?,12-,14?/m1/s1. The van der Waals surface area contributed by atoms with Gasteiger partial charge >= 0.3 is 0 Å². The van der Waals surface area contributed by atoms with Crippen molar-refractivity contribution >= 4 is 5.91 Å². The number of rotatable bonds is 1. The van der Waals surface area contributed by atoms with Crippen LogP contribution in [0.5, 0.6) is 0 Å². The summed E-state index contributed by atoms with van der Waals surface area (Å²) in [6, 6.07) is 0.536. The van der Waals surface area contributed by atoms with E-state index in [2.05, 4.69) is 5.32 Å². The Bertz CT molecular complexity index is 300. The van der Waals surface area contributed by atoms with Crippen LogP contribution in [0.2, 0.25) is 0 Å². The molecule has 4 aliphatic carbocycles. The van der Waals surface area contributed by atoms with Gasteiger partial charge in [-0.25, -0.2) is 0 Å². The van der Waals surface area contributed by atoms with Gasteiger partial charge in [0.25, 0.3) is 0 Å². The molecule has 2 heteroatoms. The molecular weight excluding hydrogens is 198 g/mol. The highest BCUT2D eigenvalue weighted by molar-refractivity contribution is 5.78. The molecule has 1 N–H and O–H groups in total. The van der Waals surface area contributed by atoms with Crippen molar-refractivity contribution in [2.75, 3.05) is 0 Å². The van der Waals surface area contributed by atoms with Crippen molar-refractivity contribution in [3.63, 3.8) is 0 Å². The molecule has 88 valence electrons. The van der Waals surface area contributed by atoms with Crippen molar-refractivity contribution in [2.24, 2.45) is 23.2 Å². The van der Waals surface area contributed by atoms with Crippen molar-refractivity contribution in [3.05, 3.63) is 0 Å². The molecule has 0 spiro atoms. The summed E-state index contributed by atoms with van der Waals surface area (Å²) in [6.45, 7) is 0. The normalized spacial score (nSPS) is 54.4. The van der Waals surface area contributed by atoms with Gasteiger partial charge < -0.3 is 5.32 Å². The van der Waals surface area contributed by atoms with Gasteiger partial charge in [0.2, 0.25) is 5.91 Å². The molecule has 5 rings (SSSR count). The molecule has 16 heavy (non-hydrogen) atoms. The first-order valence-electron chi connectivity index (χ1n) is 7.03. The maximum atomic E-state index is 11.4. The number of hydrogen-bond donors (Lipinski definition) is 1. The summed E-state index contributed by atoms with van der Waals surface area (Å²) in [4.78, 5) is 11.4. The van der Waals surface area contributed by atoms with Crippen molar-refractivity contribution < 1.29 is 4.79 Å². The van der Waals surface area contributed by atoms with Crippen LogP contribution in [0, 0.1) is 23.2 Å². The van der Waals surface area contributed by atoms with E-state index in [1.165, 1.54) is 38.5 Å². The summed E-state index contributed by atoms with van der Waals surface area (Å²) in [6.07, 6.45) is 10.7. The Kier molecular flexibility index (Phi) is 1.79. The Hall–Kier alpha value is -0.530. The fraction of sp³-hybridized carbons (Fsp3) is 0.929. The van der Waals surface area contributed by atoms with Crippen LogP contribution >= 0.6 is 0 Å². The molecule has 5 fully saturated rings. The van der Waals surface area contributed by atoms with E-state index < -0.39 is 0 Å². The second-order valence-corrected chi connectivity index (χ2v) is 6.94. The van der Waals surface area contributed by atoms with E-state index in [0.29, 0.717) is 17.4 Å². The average molecular weight is 219 g/mol. The first-order valence-corrected chi connectivity index (χ1v) is 7.03. The van der Waals surface area contributed by atoms with E-state index >= 15 is 0 Å². The SMILES string of the molecule is O=C1CC[C@H](C23CC4CC(CC(C4)C2)C3)N1. The minimum absolute atomic E-state index is 0.306. The molecule has 5 aliphatic rings. The second-order valence-electron chi connectivity index (χ2n) is 6.94. The highest BCUT2D eigenvalue weighted by Crippen LogP contribution is 2.62. The first-order chi connectivity index (χ1) is 7.73. The molecule has 4 saturated carbocycles. The van der Waals surface area contributed by atoms with E-state index in [1.807, 2.05) is 0 Å². The Morgan fingerprint density at radius 3 is 2.00 bits per heavy atom. The number of nitrogens with one attached hydrogen (secondary N) is 1. The van der Waals surface area contributed by atoms with Gasteiger partial charge in [0.05, 0.1) is 0 Å². The van der Waals surface area contributed by atoms with Crippen LogP contribution in [0.1, 0.15) is 51.4 Å². The third kappa shape index (κ3) is 1.22. The molecule has 2 nitrogen and oxygen atoms in total. The minimum atomic E-state index is 0.306. The van der Waals surface area contributed by atoms with E-state index in [0.717, 1.165) is 30.6 Å². The molecule has 0 unspecified atom stereocenters. The molecule has 0 radical (unpaired) electrons. The van der Waals surface area contributed by atoms with Crippen molar-refractivity contribution in [1.29, 1.82) is 0 Å². The van der Waals surface area contributed by atoms with Crippen LogP contribution in [0.4, 0.5) is 0 Å². The minimum Gasteiger partial charge on any atom is -0.353 e. The van der Waals surface area contributed by atoms with Crippen LogP contribution in [-0.4, -0.2) is 11.9 Å². The van der Waals surface area contributed by atoms with Crippen LogP contribution in [0.15, 0.2) is 0 Å². The smallest absolute Gasteiger partial charge is 0.220 e. The largest absolute Gasteiger partial charge is 0.353 e. The second kappa shape index (κ2) is 3.02. The lowest BCUT2D eigenvalue weighted by Gasteiger charge is -2.59. The maximum absolute atomic E-state index is 11.4. The topological polar surface area (TPSA) is 29.1 Å².